The van der Waals surface area contributed by atoms with Crippen molar-refractivity contribution in [2.24, 2.45) is 0 Å². The SMILES string of the molecule is COC(=O)c1c(-c2ccc(Cl)cc2)csc1NC(=O)CN1CCN(c2ccc([N+](=O)[O-])cc2)CC1. The van der Waals surface area contributed by atoms with Gasteiger partial charge in [0.2, 0.25) is 5.91 Å². The molecule has 1 fully saturated rings. The second kappa shape index (κ2) is 10.9. The summed E-state index contributed by atoms with van der Waals surface area (Å²) in [5.74, 6) is -0.744. The van der Waals surface area contributed by atoms with Gasteiger partial charge in [-0.1, -0.05) is 23.7 Å². The number of nitrogens with one attached hydrogen (secondary N) is 1. The van der Waals surface area contributed by atoms with Crippen LogP contribution in [0.5, 0.6) is 0 Å². The molecule has 3 aromatic rings. The number of amides is 1. The average Bonchev–Trinajstić information content (AvgIpc) is 3.27. The van der Waals surface area contributed by atoms with Gasteiger partial charge in [0.25, 0.3) is 5.69 Å². The van der Waals surface area contributed by atoms with E-state index in [1.54, 1.807) is 24.3 Å². The van der Waals surface area contributed by atoms with Crippen molar-refractivity contribution < 1.29 is 19.2 Å². The lowest BCUT2D eigenvalue weighted by Crippen LogP contribution is -2.48. The molecular formula is C24H23ClN4O5S. The summed E-state index contributed by atoms with van der Waals surface area (Å²) in [6, 6.07) is 13.6. The lowest BCUT2D eigenvalue weighted by atomic mass is 10.0. The van der Waals surface area contributed by atoms with Gasteiger partial charge in [0.1, 0.15) is 10.6 Å². The number of anilines is 2. The number of piperazine rings is 1. The minimum absolute atomic E-state index is 0.0585. The van der Waals surface area contributed by atoms with Crippen LogP contribution in [0.4, 0.5) is 16.4 Å². The van der Waals surface area contributed by atoms with Crippen molar-refractivity contribution in [3.63, 3.8) is 0 Å². The third kappa shape index (κ3) is 5.79. The van der Waals surface area contributed by atoms with Crippen LogP contribution >= 0.6 is 22.9 Å². The molecule has 9 nitrogen and oxygen atoms in total. The van der Waals surface area contributed by atoms with Gasteiger partial charge in [-0.3, -0.25) is 19.8 Å². The molecular weight excluding hydrogens is 492 g/mol. The van der Waals surface area contributed by atoms with Crippen LogP contribution in [-0.2, 0) is 9.53 Å². The molecule has 0 unspecified atom stereocenters. The van der Waals surface area contributed by atoms with Crippen molar-refractivity contribution in [3.8, 4) is 11.1 Å². The van der Waals surface area contributed by atoms with Crippen LogP contribution in [0.3, 0.4) is 0 Å². The van der Waals surface area contributed by atoms with Crippen LogP contribution < -0.4 is 10.2 Å². The number of non-ortho nitro benzene ring substituents is 1. The summed E-state index contributed by atoms with van der Waals surface area (Å²) in [5.41, 5.74) is 2.76. The van der Waals surface area contributed by atoms with Gasteiger partial charge < -0.3 is 15.0 Å². The minimum Gasteiger partial charge on any atom is -0.465 e. The molecule has 1 saturated heterocycles. The Kier molecular flexibility index (Phi) is 7.64. The number of rotatable bonds is 7. The number of halogens is 1. The topological polar surface area (TPSA) is 105 Å². The summed E-state index contributed by atoms with van der Waals surface area (Å²) in [6.07, 6.45) is 0. The first kappa shape index (κ1) is 24.6. The number of carbonyl (C=O) groups excluding carboxylic acids is 2. The van der Waals surface area contributed by atoms with E-state index in [2.05, 4.69) is 10.2 Å². The van der Waals surface area contributed by atoms with Gasteiger partial charge in [-0.05, 0) is 29.8 Å². The van der Waals surface area contributed by atoms with Crippen molar-refractivity contribution in [1.29, 1.82) is 0 Å². The fourth-order valence-corrected chi connectivity index (χ4v) is 5.01. The quantitative estimate of drug-likeness (QED) is 0.280. The molecule has 182 valence electrons. The van der Waals surface area contributed by atoms with Gasteiger partial charge in [0.05, 0.1) is 18.6 Å². The maximum absolute atomic E-state index is 12.8. The van der Waals surface area contributed by atoms with E-state index in [1.165, 1.54) is 30.6 Å². The fraction of sp³-hybridized carbons (Fsp3) is 0.250. The molecule has 2 heterocycles. The smallest absolute Gasteiger partial charge is 0.341 e. The van der Waals surface area contributed by atoms with Crippen LogP contribution in [0, 0.1) is 10.1 Å². The first-order valence-corrected chi connectivity index (χ1v) is 12.1. The highest BCUT2D eigenvalue weighted by Gasteiger charge is 2.24. The number of nitrogens with zero attached hydrogens (tertiary/aromatic N) is 3. The molecule has 1 N–H and O–H groups in total. The summed E-state index contributed by atoms with van der Waals surface area (Å²) in [7, 11) is 1.31. The second-order valence-corrected chi connectivity index (χ2v) is 9.25. The predicted molar refractivity (Wildman–Crippen MR) is 136 cm³/mol. The molecule has 2 aromatic carbocycles. The first-order valence-electron chi connectivity index (χ1n) is 10.8. The van der Waals surface area contributed by atoms with Crippen LogP contribution in [-0.4, -0.2) is 61.5 Å². The maximum Gasteiger partial charge on any atom is 0.341 e. The highest BCUT2D eigenvalue weighted by molar-refractivity contribution is 7.15. The second-order valence-electron chi connectivity index (χ2n) is 7.94. The van der Waals surface area contributed by atoms with E-state index in [-0.39, 0.29) is 18.1 Å². The Morgan fingerprint density at radius 1 is 1.09 bits per heavy atom. The molecule has 35 heavy (non-hydrogen) atoms. The zero-order valence-electron chi connectivity index (χ0n) is 18.9. The number of nitro groups is 1. The van der Waals surface area contributed by atoms with Gasteiger partial charge in [-0.15, -0.1) is 11.3 Å². The van der Waals surface area contributed by atoms with E-state index < -0.39 is 10.9 Å². The van der Waals surface area contributed by atoms with Crippen molar-refractivity contribution in [1.82, 2.24) is 4.90 Å². The third-order valence-electron chi connectivity index (χ3n) is 5.75. The number of thiophene rings is 1. The molecule has 0 bridgehead atoms. The van der Waals surface area contributed by atoms with E-state index in [9.17, 15) is 19.7 Å². The van der Waals surface area contributed by atoms with Crippen LogP contribution in [0.2, 0.25) is 5.02 Å². The van der Waals surface area contributed by atoms with Crippen molar-refractivity contribution >= 4 is 51.2 Å². The zero-order valence-corrected chi connectivity index (χ0v) is 20.5. The average molecular weight is 515 g/mol. The highest BCUT2D eigenvalue weighted by Crippen LogP contribution is 2.36. The summed E-state index contributed by atoms with van der Waals surface area (Å²) < 4.78 is 4.96. The van der Waals surface area contributed by atoms with Crippen molar-refractivity contribution in [2.75, 3.05) is 50.1 Å². The third-order valence-corrected chi connectivity index (χ3v) is 6.90. The zero-order chi connectivity index (χ0) is 24.9. The minimum atomic E-state index is -0.525. The number of benzene rings is 2. The Labute approximate surface area is 211 Å². The summed E-state index contributed by atoms with van der Waals surface area (Å²) in [4.78, 5) is 39.9. The van der Waals surface area contributed by atoms with Gasteiger partial charge in [0, 0.05) is 60.0 Å². The maximum atomic E-state index is 12.8. The van der Waals surface area contributed by atoms with E-state index in [4.69, 9.17) is 16.3 Å². The van der Waals surface area contributed by atoms with Gasteiger partial charge in [-0.25, -0.2) is 4.79 Å². The summed E-state index contributed by atoms with van der Waals surface area (Å²) in [6.45, 7) is 2.89. The normalized spacial score (nSPS) is 13.9. The van der Waals surface area contributed by atoms with Gasteiger partial charge >= 0.3 is 5.97 Å². The first-order chi connectivity index (χ1) is 16.9. The number of hydrogen-bond acceptors (Lipinski definition) is 8. The van der Waals surface area contributed by atoms with E-state index >= 15 is 0 Å². The molecule has 0 aliphatic carbocycles. The Balaban J connectivity index is 1.38. The Bertz CT molecular complexity index is 1220. The standard InChI is InChI=1S/C24H23ClN4O5S/c1-34-24(31)22-20(16-2-4-17(25)5-3-16)15-35-23(22)26-21(30)14-27-10-12-28(13-11-27)18-6-8-19(9-7-18)29(32)33/h2-9,15H,10-14H2,1H3,(H,26,30). The predicted octanol–water partition coefficient (Wildman–Crippen LogP) is 4.52. The number of carbonyl (C=O) groups is 2. The Morgan fingerprint density at radius 2 is 1.74 bits per heavy atom. The van der Waals surface area contributed by atoms with Crippen molar-refractivity contribution in [2.45, 2.75) is 0 Å². The molecule has 1 aliphatic heterocycles. The summed E-state index contributed by atoms with van der Waals surface area (Å²) in [5, 5.41) is 16.6. The molecule has 0 saturated carbocycles. The molecule has 0 radical (unpaired) electrons. The molecule has 4 rings (SSSR count). The largest absolute Gasteiger partial charge is 0.465 e. The molecule has 1 amide bonds. The monoisotopic (exact) mass is 514 g/mol. The lowest BCUT2D eigenvalue weighted by molar-refractivity contribution is -0.384. The van der Waals surface area contributed by atoms with Crippen molar-refractivity contribution in [3.05, 3.63) is 74.6 Å². The Hall–Kier alpha value is -3.47. The lowest BCUT2D eigenvalue weighted by Gasteiger charge is -2.35. The van der Waals surface area contributed by atoms with E-state index in [0.717, 1.165) is 11.3 Å². The van der Waals surface area contributed by atoms with Crippen LogP contribution in [0.25, 0.3) is 11.1 Å². The number of hydrogen-bond donors (Lipinski definition) is 1. The number of esters is 1. The van der Waals surface area contributed by atoms with E-state index in [1.807, 2.05) is 22.4 Å². The van der Waals surface area contributed by atoms with E-state index in [0.29, 0.717) is 47.3 Å². The number of methoxy groups -OCH3 is 1. The van der Waals surface area contributed by atoms with Gasteiger partial charge in [0.15, 0.2) is 0 Å². The molecule has 11 heteroatoms. The fourth-order valence-electron chi connectivity index (χ4n) is 3.92. The molecule has 1 aliphatic rings. The Morgan fingerprint density at radius 3 is 2.34 bits per heavy atom. The number of nitro benzene ring substituents is 1. The molecule has 0 spiro atoms. The van der Waals surface area contributed by atoms with Crippen LogP contribution in [0.15, 0.2) is 53.9 Å². The highest BCUT2D eigenvalue weighted by atomic mass is 35.5. The number of ether oxygens (including phenoxy) is 1. The summed E-state index contributed by atoms with van der Waals surface area (Å²) >= 11 is 7.25. The molecule has 1 aromatic heterocycles. The van der Waals surface area contributed by atoms with Crippen LogP contribution in [0.1, 0.15) is 10.4 Å². The molecule has 0 atom stereocenters. The van der Waals surface area contributed by atoms with Gasteiger partial charge in [-0.2, -0.15) is 0 Å².